The molecule has 0 aromatic heterocycles. The second kappa shape index (κ2) is 8.03. The molecule has 2 nitrogen and oxygen atoms in total. The van der Waals surface area contributed by atoms with Crippen LogP contribution in [0.5, 0.6) is 0 Å². The number of hydrogen-bond acceptors (Lipinski definition) is 3. The minimum Gasteiger partial charge on any atom is -0.374 e. The quantitative estimate of drug-likeness (QED) is 0.591. The van der Waals surface area contributed by atoms with Crippen LogP contribution in [0.4, 0.5) is 5.69 Å². The molecule has 1 aromatic rings. The molecular weight excluding hydrogens is 228 g/mol. The van der Waals surface area contributed by atoms with Gasteiger partial charge in [-0.3, -0.25) is 0 Å². The molecule has 0 heterocycles. The van der Waals surface area contributed by atoms with Crippen LogP contribution >= 0.6 is 12.6 Å². The van der Waals surface area contributed by atoms with Crippen molar-refractivity contribution in [1.82, 2.24) is 0 Å². The van der Waals surface area contributed by atoms with Crippen molar-refractivity contribution in [2.75, 3.05) is 24.2 Å². The summed E-state index contributed by atoms with van der Waals surface area (Å²) in [7, 11) is 2.05. The number of hydrogen-bond donors (Lipinski definition) is 1. The Bertz CT molecular complexity index is 371. The van der Waals surface area contributed by atoms with Gasteiger partial charge in [-0.25, -0.2) is 0 Å². The summed E-state index contributed by atoms with van der Waals surface area (Å²) in [5.41, 5.74) is 1.79. The minimum atomic E-state index is 0.755. The number of benzene rings is 1. The molecule has 0 atom stereocenters. The molecule has 1 rings (SSSR count). The summed E-state index contributed by atoms with van der Waals surface area (Å²) in [4.78, 5) is 2.17. The summed E-state index contributed by atoms with van der Waals surface area (Å²) >= 11 is 4.20. The number of anilines is 1. The van der Waals surface area contributed by atoms with Gasteiger partial charge in [0.05, 0.1) is 11.3 Å². The molecule has 3 heteroatoms. The molecule has 0 radical (unpaired) electrons. The molecule has 17 heavy (non-hydrogen) atoms. The molecule has 0 aliphatic heterocycles. The van der Waals surface area contributed by atoms with Gasteiger partial charge in [0.15, 0.2) is 0 Å². The highest BCUT2D eigenvalue weighted by Crippen LogP contribution is 2.18. The van der Waals surface area contributed by atoms with E-state index in [1.165, 1.54) is 25.7 Å². The predicted octanol–water partition coefficient (Wildman–Crippen LogP) is 3.48. The van der Waals surface area contributed by atoms with Crippen molar-refractivity contribution in [2.24, 2.45) is 0 Å². The van der Waals surface area contributed by atoms with E-state index in [1.807, 2.05) is 24.3 Å². The third kappa shape index (κ3) is 4.70. The second-order valence-electron chi connectivity index (χ2n) is 4.19. The van der Waals surface area contributed by atoms with Crippen molar-refractivity contribution in [3.05, 3.63) is 29.8 Å². The van der Waals surface area contributed by atoms with E-state index in [4.69, 9.17) is 5.26 Å². The van der Waals surface area contributed by atoms with Gasteiger partial charge >= 0.3 is 0 Å². The Kier molecular flexibility index (Phi) is 6.57. The number of nitrogens with zero attached hydrogens (tertiary/aromatic N) is 2. The highest BCUT2D eigenvalue weighted by Gasteiger charge is 2.05. The fourth-order valence-electron chi connectivity index (χ4n) is 1.84. The van der Waals surface area contributed by atoms with E-state index in [2.05, 4.69) is 30.6 Å². The maximum Gasteiger partial charge on any atom is 0.101 e. The molecule has 0 amide bonds. The van der Waals surface area contributed by atoms with Crippen LogP contribution in [0.15, 0.2) is 24.3 Å². The minimum absolute atomic E-state index is 0.755. The van der Waals surface area contributed by atoms with Gasteiger partial charge in [-0.1, -0.05) is 25.0 Å². The molecule has 0 saturated heterocycles. The van der Waals surface area contributed by atoms with E-state index < -0.39 is 0 Å². The average molecular weight is 248 g/mol. The normalized spacial score (nSPS) is 9.94. The van der Waals surface area contributed by atoms with Gasteiger partial charge in [0.25, 0.3) is 0 Å². The molecule has 1 aromatic carbocycles. The number of unbranched alkanes of at least 4 members (excludes halogenated alkanes) is 3. The highest BCUT2D eigenvalue weighted by atomic mass is 32.1. The summed E-state index contributed by atoms with van der Waals surface area (Å²) in [6, 6.07) is 9.99. The molecule has 0 N–H and O–H groups in total. The van der Waals surface area contributed by atoms with E-state index in [1.54, 1.807) is 0 Å². The van der Waals surface area contributed by atoms with Crippen molar-refractivity contribution in [1.29, 1.82) is 5.26 Å². The van der Waals surface area contributed by atoms with Gasteiger partial charge in [-0.05, 0) is 30.7 Å². The lowest BCUT2D eigenvalue weighted by atomic mass is 10.1. The third-order valence-corrected chi connectivity index (χ3v) is 3.15. The maximum absolute atomic E-state index is 9.02. The summed E-state index contributed by atoms with van der Waals surface area (Å²) in [5, 5.41) is 9.02. The Morgan fingerprint density at radius 1 is 1.18 bits per heavy atom. The monoisotopic (exact) mass is 248 g/mol. The highest BCUT2D eigenvalue weighted by molar-refractivity contribution is 7.80. The molecule has 0 aliphatic rings. The molecule has 0 unspecified atom stereocenters. The average Bonchev–Trinajstić information content (AvgIpc) is 2.38. The van der Waals surface area contributed by atoms with Gasteiger partial charge in [0, 0.05) is 13.6 Å². The Morgan fingerprint density at radius 3 is 2.59 bits per heavy atom. The van der Waals surface area contributed by atoms with E-state index in [0.29, 0.717) is 0 Å². The van der Waals surface area contributed by atoms with Gasteiger partial charge in [-0.15, -0.1) is 0 Å². The van der Waals surface area contributed by atoms with Gasteiger partial charge in [-0.2, -0.15) is 17.9 Å². The number of nitriles is 1. The largest absolute Gasteiger partial charge is 0.374 e. The first-order valence-electron chi connectivity index (χ1n) is 6.10. The second-order valence-corrected chi connectivity index (χ2v) is 4.64. The zero-order chi connectivity index (χ0) is 12.5. The fourth-order valence-corrected chi connectivity index (χ4v) is 2.06. The van der Waals surface area contributed by atoms with Crippen LogP contribution < -0.4 is 4.90 Å². The lowest BCUT2D eigenvalue weighted by Crippen LogP contribution is -2.19. The SMILES string of the molecule is CN(CCCCCCS)c1ccccc1C#N. The number of rotatable bonds is 7. The summed E-state index contributed by atoms with van der Waals surface area (Å²) in [5.74, 6) is 0.979. The van der Waals surface area contributed by atoms with Crippen molar-refractivity contribution < 1.29 is 0 Å². The van der Waals surface area contributed by atoms with E-state index in [9.17, 15) is 0 Å². The van der Waals surface area contributed by atoms with Gasteiger partial charge in [0.1, 0.15) is 6.07 Å². The Morgan fingerprint density at radius 2 is 1.88 bits per heavy atom. The van der Waals surface area contributed by atoms with Crippen molar-refractivity contribution in [3.63, 3.8) is 0 Å². The molecule has 0 fully saturated rings. The van der Waals surface area contributed by atoms with Crippen LogP contribution in [0.25, 0.3) is 0 Å². The van der Waals surface area contributed by atoms with Crippen molar-refractivity contribution >= 4 is 18.3 Å². The first-order valence-corrected chi connectivity index (χ1v) is 6.74. The first-order chi connectivity index (χ1) is 8.29. The number of thiol groups is 1. The Hall–Kier alpha value is -1.14. The van der Waals surface area contributed by atoms with E-state index in [0.717, 1.165) is 23.5 Å². The lowest BCUT2D eigenvalue weighted by molar-refractivity contribution is 0.664. The molecular formula is C14H20N2S. The van der Waals surface area contributed by atoms with Crippen molar-refractivity contribution in [3.8, 4) is 6.07 Å². The van der Waals surface area contributed by atoms with Crippen LogP contribution in [-0.4, -0.2) is 19.3 Å². The fraction of sp³-hybridized carbons (Fsp3) is 0.500. The van der Waals surface area contributed by atoms with E-state index >= 15 is 0 Å². The standard InChI is InChI=1S/C14H20N2S/c1-16(10-6-2-3-7-11-17)14-9-5-4-8-13(14)12-15/h4-5,8-9,17H,2-3,6-7,10-11H2,1H3. The molecule has 0 spiro atoms. The van der Waals surface area contributed by atoms with Crippen LogP contribution in [0.1, 0.15) is 31.2 Å². The topological polar surface area (TPSA) is 27.0 Å². The summed E-state index contributed by atoms with van der Waals surface area (Å²) in [6.07, 6.45) is 4.85. The Labute approximate surface area is 110 Å². The predicted molar refractivity (Wildman–Crippen MR) is 76.7 cm³/mol. The van der Waals surface area contributed by atoms with Crippen LogP contribution in [0.3, 0.4) is 0 Å². The van der Waals surface area contributed by atoms with Crippen LogP contribution in [0, 0.1) is 11.3 Å². The van der Waals surface area contributed by atoms with Gasteiger partial charge in [0.2, 0.25) is 0 Å². The Balaban J connectivity index is 2.42. The molecule has 0 saturated carbocycles. The lowest BCUT2D eigenvalue weighted by Gasteiger charge is -2.20. The molecule has 92 valence electrons. The van der Waals surface area contributed by atoms with E-state index in [-0.39, 0.29) is 0 Å². The van der Waals surface area contributed by atoms with Crippen LogP contribution in [-0.2, 0) is 0 Å². The smallest absolute Gasteiger partial charge is 0.101 e. The zero-order valence-electron chi connectivity index (χ0n) is 10.4. The zero-order valence-corrected chi connectivity index (χ0v) is 11.3. The van der Waals surface area contributed by atoms with Crippen LogP contribution in [0.2, 0.25) is 0 Å². The third-order valence-electron chi connectivity index (χ3n) is 2.84. The number of para-hydroxylation sites is 1. The maximum atomic E-state index is 9.02. The summed E-state index contributed by atoms with van der Waals surface area (Å²) < 4.78 is 0. The summed E-state index contributed by atoms with van der Waals surface area (Å²) in [6.45, 7) is 1.01. The molecule has 0 bridgehead atoms. The molecule has 0 aliphatic carbocycles. The first kappa shape index (κ1) is 13.9. The van der Waals surface area contributed by atoms with Crippen molar-refractivity contribution in [2.45, 2.75) is 25.7 Å². The van der Waals surface area contributed by atoms with Gasteiger partial charge < -0.3 is 4.90 Å².